The Balaban J connectivity index is 2.26. The van der Waals surface area contributed by atoms with Crippen LogP contribution in [0.15, 0.2) is 4.47 Å². The normalized spacial score (nSPS) is 18.1. The lowest BCUT2D eigenvalue weighted by molar-refractivity contribution is 0.485. The summed E-state index contributed by atoms with van der Waals surface area (Å²) in [6.45, 7) is 5.90. The van der Waals surface area contributed by atoms with Gasteiger partial charge in [0, 0.05) is 6.54 Å². The van der Waals surface area contributed by atoms with Crippen molar-refractivity contribution in [1.82, 2.24) is 9.78 Å². The average molecular weight is 272 g/mol. The van der Waals surface area contributed by atoms with E-state index in [9.17, 15) is 0 Å². The molecular weight excluding hydrogens is 254 g/mol. The van der Waals surface area contributed by atoms with Crippen LogP contribution in [-0.2, 0) is 13.0 Å². The van der Waals surface area contributed by atoms with Gasteiger partial charge in [-0.15, -0.1) is 0 Å². The standard InChI is InChI=1S/C11H18BrN3/c1-3-15-9(10(12)8(2)14-15)6-11(7-13)4-5-11/h3-7,13H2,1-2H3. The number of nitrogens with two attached hydrogens (primary N) is 1. The molecule has 15 heavy (non-hydrogen) atoms. The molecule has 4 heteroatoms. The van der Waals surface area contributed by atoms with Crippen molar-refractivity contribution in [2.45, 2.75) is 39.7 Å². The molecule has 2 N–H and O–H groups in total. The fourth-order valence-electron chi connectivity index (χ4n) is 2.02. The van der Waals surface area contributed by atoms with Gasteiger partial charge in [0.15, 0.2) is 0 Å². The van der Waals surface area contributed by atoms with Gasteiger partial charge in [0.1, 0.15) is 0 Å². The van der Waals surface area contributed by atoms with Crippen molar-refractivity contribution < 1.29 is 0 Å². The van der Waals surface area contributed by atoms with Crippen molar-refractivity contribution in [2.24, 2.45) is 11.1 Å². The summed E-state index contributed by atoms with van der Waals surface area (Å²) >= 11 is 3.63. The zero-order valence-electron chi connectivity index (χ0n) is 9.39. The van der Waals surface area contributed by atoms with Crippen molar-refractivity contribution in [3.8, 4) is 0 Å². The van der Waals surface area contributed by atoms with Crippen LogP contribution in [0, 0.1) is 12.3 Å². The van der Waals surface area contributed by atoms with Crippen LogP contribution in [0.25, 0.3) is 0 Å². The lowest BCUT2D eigenvalue weighted by Crippen LogP contribution is -2.20. The first-order chi connectivity index (χ1) is 7.12. The molecule has 0 bridgehead atoms. The Morgan fingerprint density at radius 1 is 1.53 bits per heavy atom. The zero-order valence-corrected chi connectivity index (χ0v) is 11.0. The molecule has 0 unspecified atom stereocenters. The fraction of sp³-hybridized carbons (Fsp3) is 0.727. The molecule has 1 aromatic heterocycles. The van der Waals surface area contributed by atoms with E-state index in [-0.39, 0.29) is 0 Å². The Morgan fingerprint density at radius 3 is 2.67 bits per heavy atom. The second kappa shape index (κ2) is 3.91. The maximum Gasteiger partial charge on any atom is 0.0738 e. The fourth-order valence-corrected chi connectivity index (χ4v) is 2.45. The van der Waals surface area contributed by atoms with E-state index in [1.165, 1.54) is 23.0 Å². The van der Waals surface area contributed by atoms with E-state index in [0.29, 0.717) is 5.41 Å². The number of aryl methyl sites for hydroxylation is 2. The number of hydrogen-bond donors (Lipinski definition) is 1. The first-order valence-corrected chi connectivity index (χ1v) is 6.33. The Kier molecular flexibility index (Phi) is 2.90. The molecule has 1 saturated carbocycles. The third-order valence-electron chi connectivity index (χ3n) is 3.39. The Morgan fingerprint density at radius 2 is 2.20 bits per heavy atom. The van der Waals surface area contributed by atoms with Crippen LogP contribution >= 0.6 is 15.9 Å². The Bertz CT molecular complexity index is 366. The van der Waals surface area contributed by atoms with Gasteiger partial charge in [0.05, 0.1) is 15.9 Å². The van der Waals surface area contributed by atoms with Crippen LogP contribution in [0.2, 0.25) is 0 Å². The predicted octanol–water partition coefficient (Wildman–Crippen LogP) is 2.26. The number of halogens is 1. The van der Waals surface area contributed by atoms with Crippen LogP contribution in [0.4, 0.5) is 0 Å². The van der Waals surface area contributed by atoms with Gasteiger partial charge < -0.3 is 5.73 Å². The highest BCUT2D eigenvalue weighted by Gasteiger charge is 2.42. The van der Waals surface area contributed by atoms with Crippen molar-refractivity contribution in [2.75, 3.05) is 6.54 Å². The number of hydrogen-bond acceptors (Lipinski definition) is 2. The van der Waals surface area contributed by atoms with Gasteiger partial charge >= 0.3 is 0 Å². The first kappa shape index (κ1) is 11.1. The van der Waals surface area contributed by atoms with Gasteiger partial charge in [-0.2, -0.15) is 5.10 Å². The number of aromatic nitrogens is 2. The van der Waals surface area contributed by atoms with Gasteiger partial charge in [-0.25, -0.2) is 0 Å². The quantitative estimate of drug-likeness (QED) is 0.913. The van der Waals surface area contributed by atoms with Gasteiger partial charge in [-0.05, 0) is 61.0 Å². The number of nitrogens with zero attached hydrogens (tertiary/aromatic N) is 2. The molecule has 3 nitrogen and oxygen atoms in total. The van der Waals surface area contributed by atoms with Gasteiger partial charge in [0.25, 0.3) is 0 Å². The molecule has 84 valence electrons. The first-order valence-electron chi connectivity index (χ1n) is 5.54. The van der Waals surface area contributed by atoms with Crippen molar-refractivity contribution >= 4 is 15.9 Å². The van der Waals surface area contributed by atoms with Crippen molar-refractivity contribution in [3.63, 3.8) is 0 Å². The van der Waals surface area contributed by atoms with Crippen molar-refractivity contribution in [1.29, 1.82) is 0 Å². The SMILES string of the molecule is CCn1nc(C)c(Br)c1CC1(CN)CC1. The summed E-state index contributed by atoms with van der Waals surface area (Å²) in [5.74, 6) is 0. The second-order valence-corrected chi connectivity index (χ2v) is 5.34. The zero-order chi connectivity index (χ0) is 11.1. The van der Waals surface area contributed by atoms with E-state index in [4.69, 9.17) is 5.73 Å². The Hall–Kier alpha value is -0.350. The molecule has 1 aliphatic rings. The third kappa shape index (κ3) is 1.97. The van der Waals surface area contributed by atoms with E-state index in [1.54, 1.807) is 0 Å². The number of rotatable bonds is 4. The predicted molar refractivity (Wildman–Crippen MR) is 64.8 cm³/mol. The molecule has 2 rings (SSSR count). The molecular formula is C11H18BrN3. The summed E-state index contributed by atoms with van der Waals surface area (Å²) in [7, 11) is 0. The lowest BCUT2D eigenvalue weighted by Gasteiger charge is -2.13. The molecule has 1 aromatic rings. The lowest BCUT2D eigenvalue weighted by atomic mass is 10.0. The van der Waals surface area contributed by atoms with Crippen LogP contribution in [-0.4, -0.2) is 16.3 Å². The van der Waals surface area contributed by atoms with Crippen LogP contribution in [0.5, 0.6) is 0 Å². The molecule has 1 aliphatic carbocycles. The molecule has 0 radical (unpaired) electrons. The summed E-state index contributed by atoms with van der Waals surface area (Å²) < 4.78 is 3.26. The van der Waals surface area contributed by atoms with E-state index >= 15 is 0 Å². The largest absolute Gasteiger partial charge is 0.330 e. The molecule has 0 aliphatic heterocycles. The van der Waals surface area contributed by atoms with Gasteiger partial charge in [-0.1, -0.05) is 0 Å². The molecule has 0 saturated heterocycles. The summed E-state index contributed by atoms with van der Waals surface area (Å²) in [5, 5.41) is 4.50. The second-order valence-electron chi connectivity index (χ2n) is 4.54. The highest BCUT2D eigenvalue weighted by atomic mass is 79.9. The molecule has 1 heterocycles. The molecule has 0 atom stereocenters. The molecule has 0 amide bonds. The maximum absolute atomic E-state index is 5.82. The van der Waals surface area contributed by atoms with Crippen LogP contribution < -0.4 is 5.73 Å². The summed E-state index contributed by atoms with van der Waals surface area (Å²) in [4.78, 5) is 0. The summed E-state index contributed by atoms with van der Waals surface area (Å²) in [6.07, 6.45) is 3.60. The minimum Gasteiger partial charge on any atom is -0.330 e. The maximum atomic E-state index is 5.82. The highest BCUT2D eigenvalue weighted by Crippen LogP contribution is 2.48. The monoisotopic (exact) mass is 271 g/mol. The van der Waals surface area contributed by atoms with E-state index < -0.39 is 0 Å². The summed E-state index contributed by atoms with van der Waals surface area (Å²) in [5.41, 5.74) is 8.60. The summed E-state index contributed by atoms with van der Waals surface area (Å²) in [6, 6.07) is 0. The van der Waals surface area contributed by atoms with Crippen LogP contribution in [0.1, 0.15) is 31.2 Å². The average Bonchev–Trinajstić information content (AvgIpc) is 2.97. The topological polar surface area (TPSA) is 43.8 Å². The smallest absolute Gasteiger partial charge is 0.0738 e. The van der Waals surface area contributed by atoms with Crippen LogP contribution in [0.3, 0.4) is 0 Å². The van der Waals surface area contributed by atoms with Crippen molar-refractivity contribution in [3.05, 3.63) is 15.9 Å². The van der Waals surface area contributed by atoms with Gasteiger partial charge in [-0.3, -0.25) is 4.68 Å². The molecule has 0 spiro atoms. The third-order valence-corrected chi connectivity index (χ3v) is 4.42. The highest BCUT2D eigenvalue weighted by molar-refractivity contribution is 9.10. The Labute approximate surface area is 99.2 Å². The minimum absolute atomic E-state index is 0.377. The van der Waals surface area contributed by atoms with Gasteiger partial charge in [0.2, 0.25) is 0 Å². The molecule has 0 aromatic carbocycles. The minimum atomic E-state index is 0.377. The van der Waals surface area contributed by atoms with E-state index in [1.807, 2.05) is 6.92 Å². The molecule has 1 fully saturated rings. The van der Waals surface area contributed by atoms with E-state index in [0.717, 1.165) is 25.2 Å². The van der Waals surface area contributed by atoms with E-state index in [2.05, 4.69) is 32.6 Å².